The van der Waals surface area contributed by atoms with E-state index in [9.17, 15) is 0 Å². The zero-order valence-corrected chi connectivity index (χ0v) is 39.2. The third kappa shape index (κ3) is 17.8. The number of hydrogen-bond donors (Lipinski definition) is 0. The number of benzene rings is 2. The highest BCUT2D eigenvalue weighted by Gasteiger charge is 2.31. The van der Waals surface area contributed by atoms with Gasteiger partial charge in [-0.15, -0.1) is 0 Å². The number of aryl methyl sites for hydroxylation is 2. The van der Waals surface area contributed by atoms with Gasteiger partial charge in [-0.3, -0.25) is 0 Å². The van der Waals surface area contributed by atoms with Crippen LogP contribution in [0.15, 0.2) is 48.5 Å². The first-order chi connectivity index (χ1) is 29.1. The molecule has 0 heteroatoms. The first kappa shape index (κ1) is 47.6. The third-order valence-electron chi connectivity index (χ3n) is 15.7. The van der Waals surface area contributed by atoms with E-state index in [4.69, 9.17) is 0 Å². The molecule has 2 aromatic carbocycles. The van der Waals surface area contributed by atoms with Crippen LogP contribution in [0.4, 0.5) is 0 Å². The Bertz CT molecular complexity index is 1470. The molecule has 0 aliphatic heterocycles. The molecule has 0 N–H and O–H groups in total. The van der Waals surface area contributed by atoms with Gasteiger partial charge in [0.1, 0.15) is 0 Å². The Morgan fingerprint density at radius 2 is 0.678 bits per heavy atom. The molecule has 2 aromatic rings. The van der Waals surface area contributed by atoms with Crippen LogP contribution in [0.2, 0.25) is 0 Å². The van der Waals surface area contributed by atoms with Crippen molar-refractivity contribution in [1.29, 1.82) is 0 Å². The lowest BCUT2D eigenvalue weighted by Crippen LogP contribution is -2.25. The molecule has 0 bridgehead atoms. The van der Waals surface area contributed by atoms with Gasteiger partial charge in [0.15, 0.2) is 0 Å². The minimum Gasteiger partial charge on any atom is -0.0945 e. The molecule has 4 fully saturated rings. The van der Waals surface area contributed by atoms with E-state index < -0.39 is 0 Å². The van der Waals surface area contributed by atoms with Gasteiger partial charge >= 0.3 is 0 Å². The number of hydrogen-bond acceptors (Lipinski definition) is 0. The van der Waals surface area contributed by atoms with Crippen molar-refractivity contribution < 1.29 is 0 Å². The van der Waals surface area contributed by atoms with Crippen LogP contribution in [-0.4, -0.2) is 0 Å². The van der Waals surface area contributed by atoms with Gasteiger partial charge in [-0.25, -0.2) is 0 Å². The van der Waals surface area contributed by atoms with E-state index in [-0.39, 0.29) is 0 Å². The first-order valence-corrected chi connectivity index (χ1v) is 26.3. The summed E-state index contributed by atoms with van der Waals surface area (Å²) < 4.78 is 0. The fraction of sp³-hybridized carbons (Fsp3) is 0.729. The minimum atomic E-state index is 0.635. The Balaban J connectivity index is 0.000000224. The van der Waals surface area contributed by atoms with Crippen LogP contribution < -0.4 is 0 Å². The van der Waals surface area contributed by atoms with E-state index >= 15 is 0 Å². The van der Waals surface area contributed by atoms with Crippen LogP contribution in [0.25, 0.3) is 0 Å². The van der Waals surface area contributed by atoms with Crippen molar-refractivity contribution in [2.45, 2.75) is 227 Å². The Morgan fingerprint density at radius 1 is 0.356 bits per heavy atom. The second-order valence-electron chi connectivity index (χ2n) is 20.3. The van der Waals surface area contributed by atoms with Crippen LogP contribution in [0.3, 0.4) is 0 Å². The fourth-order valence-corrected chi connectivity index (χ4v) is 11.6. The van der Waals surface area contributed by atoms with Gasteiger partial charge in [0.25, 0.3) is 0 Å². The molecule has 0 radical (unpaired) electrons. The summed E-state index contributed by atoms with van der Waals surface area (Å²) in [5, 5.41) is 0. The van der Waals surface area contributed by atoms with E-state index in [0.717, 1.165) is 35.5 Å². The van der Waals surface area contributed by atoms with Gasteiger partial charge in [-0.05, 0) is 174 Å². The van der Waals surface area contributed by atoms with Crippen LogP contribution in [0, 0.1) is 71.0 Å². The van der Waals surface area contributed by atoms with Crippen molar-refractivity contribution >= 4 is 0 Å². The van der Waals surface area contributed by atoms with Crippen molar-refractivity contribution in [1.82, 2.24) is 0 Å². The lowest BCUT2D eigenvalue weighted by atomic mass is 9.69. The Hall–Kier alpha value is -2.44. The molecule has 0 atom stereocenters. The maximum absolute atomic E-state index is 3.61. The Labute approximate surface area is 367 Å². The molecule has 0 heterocycles. The largest absolute Gasteiger partial charge is 0.0945 e. The van der Waals surface area contributed by atoms with E-state index in [1.165, 1.54) is 221 Å². The predicted octanol–water partition coefficient (Wildman–Crippen LogP) is 17.5. The zero-order valence-electron chi connectivity index (χ0n) is 39.2. The van der Waals surface area contributed by atoms with Crippen LogP contribution in [-0.2, 0) is 12.8 Å². The normalized spacial score (nSPS) is 27.0. The Kier molecular flexibility index (Phi) is 22.8. The van der Waals surface area contributed by atoms with E-state index in [1.54, 1.807) is 0 Å². The molecule has 4 aliphatic rings. The smallest absolute Gasteiger partial charge is 0.0245 e. The topological polar surface area (TPSA) is 0 Å². The fourth-order valence-electron chi connectivity index (χ4n) is 11.6. The second kappa shape index (κ2) is 28.2. The van der Waals surface area contributed by atoms with Crippen molar-refractivity contribution in [3.8, 4) is 23.7 Å². The molecule has 0 aromatic heterocycles. The van der Waals surface area contributed by atoms with E-state index in [2.05, 4.69) is 99.9 Å². The molecule has 6 rings (SSSR count). The average Bonchev–Trinajstić information content (AvgIpc) is 3.29. The van der Waals surface area contributed by atoms with Crippen LogP contribution in [0.1, 0.15) is 236 Å². The predicted molar refractivity (Wildman–Crippen MR) is 259 cm³/mol. The molecule has 4 aliphatic carbocycles. The highest BCUT2D eigenvalue weighted by Crippen LogP contribution is 2.43. The molecule has 0 unspecified atom stereocenters. The highest BCUT2D eigenvalue weighted by molar-refractivity contribution is 5.37. The second-order valence-corrected chi connectivity index (χ2v) is 20.3. The van der Waals surface area contributed by atoms with Crippen LogP contribution in [0.5, 0.6) is 0 Å². The van der Waals surface area contributed by atoms with Crippen molar-refractivity contribution in [2.24, 2.45) is 47.3 Å². The molecule has 0 spiro atoms. The molecular formula is C59H90. The van der Waals surface area contributed by atoms with Crippen molar-refractivity contribution in [3.05, 3.63) is 70.8 Å². The standard InChI is InChI=1S/C30H46.C29H44/c1-3-5-7-8-10-26-17-21-29(22-18-26)30-23-19-28(20-24-30)16-15-27-13-11-25(12-14-27)9-6-4-2;1-3-5-7-9-25-16-20-28(21-17-25)29-22-18-27(19-23-29)15-14-26-12-10-24(11-13-26)8-6-4-2/h11-14,26,28-30H,3-10,17-24H2,1-2H3;10-13,25,27-29H,3-9,16-23H2,1-2H3/t26-,28-,29-,30-;25-,27-,28-,29-. The van der Waals surface area contributed by atoms with Gasteiger partial charge in [0.2, 0.25) is 0 Å². The third-order valence-corrected chi connectivity index (χ3v) is 15.7. The molecule has 0 amide bonds. The van der Waals surface area contributed by atoms with Gasteiger partial charge in [-0.1, -0.05) is 172 Å². The highest BCUT2D eigenvalue weighted by atomic mass is 14.4. The molecule has 0 nitrogen and oxygen atoms in total. The van der Waals surface area contributed by atoms with Gasteiger partial charge < -0.3 is 0 Å². The molecule has 59 heavy (non-hydrogen) atoms. The van der Waals surface area contributed by atoms with Crippen molar-refractivity contribution in [2.75, 3.05) is 0 Å². The van der Waals surface area contributed by atoms with Crippen LogP contribution >= 0.6 is 0 Å². The summed E-state index contributed by atoms with van der Waals surface area (Å²) in [5.41, 5.74) is 5.32. The summed E-state index contributed by atoms with van der Waals surface area (Å²) in [5.74, 6) is 21.6. The summed E-state index contributed by atoms with van der Waals surface area (Å²) in [6.07, 6.45) is 43.8. The monoisotopic (exact) mass is 799 g/mol. The maximum atomic E-state index is 3.61. The van der Waals surface area contributed by atoms with Gasteiger partial charge in [0, 0.05) is 23.0 Å². The summed E-state index contributed by atoms with van der Waals surface area (Å²) in [7, 11) is 0. The first-order valence-electron chi connectivity index (χ1n) is 26.3. The zero-order chi connectivity index (χ0) is 41.3. The Morgan fingerprint density at radius 3 is 1.03 bits per heavy atom. The average molecular weight is 799 g/mol. The minimum absolute atomic E-state index is 0.635. The summed E-state index contributed by atoms with van der Waals surface area (Å²) in [6.45, 7) is 9.16. The van der Waals surface area contributed by atoms with Gasteiger partial charge in [0.05, 0.1) is 0 Å². The maximum Gasteiger partial charge on any atom is 0.0245 e. The quantitative estimate of drug-likeness (QED) is 0.110. The molecular weight excluding hydrogens is 709 g/mol. The van der Waals surface area contributed by atoms with E-state index in [1.807, 2.05) is 0 Å². The number of rotatable bonds is 17. The molecule has 0 saturated heterocycles. The van der Waals surface area contributed by atoms with Gasteiger partial charge in [-0.2, -0.15) is 0 Å². The molecule has 326 valence electrons. The molecule has 4 saturated carbocycles. The number of unbranched alkanes of at least 4 members (excludes halogenated alkanes) is 7. The van der Waals surface area contributed by atoms with Crippen molar-refractivity contribution in [3.63, 3.8) is 0 Å². The summed E-state index contributed by atoms with van der Waals surface area (Å²) in [4.78, 5) is 0. The summed E-state index contributed by atoms with van der Waals surface area (Å²) >= 11 is 0. The van der Waals surface area contributed by atoms with E-state index in [0.29, 0.717) is 11.8 Å². The SMILES string of the molecule is CCCCCC[C@H]1CC[C@H]([C@H]2CC[C@H](C#Cc3ccc(CCCC)cc3)CC2)CC1.CCCCC[C@H]1CC[C@H]([C@H]2CC[C@H](C#Cc3ccc(CCCC)cc3)CC2)CC1. The lowest BCUT2D eigenvalue weighted by Gasteiger charge is -2.37. The summed E-state index contributed by atoms with van der Waals surface area (Å²) in [6, 6.07) is 18.0. The lowest BCUT2D eigenvalue weighted by molar-refractivity contribution is 0.153.